The van der Waals surface area contributed by atoms with Crippen LogP contribution in [0.2, 0.25) is 0 Å². The summed E-state index contributed by atoms with van der Waals surface area (Å²) in [6, 6.07) is 4.51. The molecule has 1 aliphatic carbocycles. The molecule has 1 aliphatic heterocycles. The SMILES string of the molecule is Cc1ccc(CNC2C(NC(=O)OC(C)(C)C)C3CCOC32)s1. The van der Waals surface area contributed by atoms with Gasteiger partial charge >= 0.3 is 6.09 Å². The molecule has 6 heteroatoms. The number of hydrogen-bond donors (Lipinski definition) is 2. The van der Waals surface area contributed by atoms with E-state index in [0.29, 0.717) is 5.92 Å². The quantitative estimate of drug-likeness (QED) is 0.886. The molecule has 23 heavy (non-hydrogen) atoms. The summed E-state index contributed by atoms with van der Waals surface area (Å²) in [5.41, 5.74) is -0.475. The molecule has 1 aromatic heterocycles. The Labute approximate surface area is 141 Å². The minimum Gasteiger partial charge on any atom is -0.444 e. The summed E-state index contributed by atoms with van der Waals surface area (Å²) in [5, 5.41) is 6.59. The van der Waals surface area contributed by atoms with Gasteiger partial charge in [0.15, 0.2) is 0 Å². The van der Waals surface area contributed by atoms with Crippen molar-refractivity contribution in [1.29, 1.82) is 0 Å². The topological polar surface area (TPSA) is 59.6 Å². The van der Waals surface area contributed by atoms with E-state index < -0.39 is 5.60 Å². The van der Waals surface area contributed by atoms with Crippen molar-refractivity contribution in [2.75, 3.05) is 6.61 Å². The third-order valence-electron chi connectivity index (χ3n) is 4.38. The highest BCUT2D eigenvalue weighted by Crippen LogP contribution is 2.39. The summed E-state index contributed by atoms with van der Waals surface area (Å²) in [4.78, 5) is 14.7. The fourth-order valence-corrected chi connectivity index (χ4v) is 4.23. The Morgan fingerprint density at radius 1 is 1.39 bits per heavy atom. The van der Waals surface area contributed by atoms with Crippen molar-refractivity contribution in [3.05, 3.63) is 21.9 Å². The number of hydrogen-bond acceptors (Lipinski definition) is 5. The Morgan fingerprint density at radius 3 is 2.83 bits per heavy atom. The number of rotatable bonds is 4. The highest BCUT2D eigenvalue weighted by Gasteiger charge is 2.54. The van der Waals surface area contributed by atoms with E-state index in [1.54, 1.807) is 11.3 Å². The van der Waals surface area contributed by atoms with Gasteiger partial charge < -0.3 is 20.1 Å². The van der Waals surface area contributed by atoms with Crippen LogP contribution in [0.25, 0.3) is 0 Å². The van der Waals surface area contributed by atoms with Gasteiger partial charge in [-0.25, -0.2) is 4.79 Å². The van der Waals surface area contributed by atoms with Crippen molar-refractivity contribution in [3.8, 4) is 0 Å². The first kappa shape index (κ1) is 16.7. The molecular formula is C17H26N2O3S. The average Bonchev–Trinajstić information content (AvgIpc) is 3.02. The van der Waals surface area contributed by atoms with E-state index in [1.807, 2.05) is 20.8 Å². The van der Waals surface area contributed by atoms with Crippen LogP contribution in [0.4, 0.5) is 4.79 Å². The number of aryl methyl sites for hydroxylation is 1. The second-order valence-electron chi connectivity index (χ2n) is 7.38. The molecule has 128 valence electrons. The van der Waals surface area contributed by atoms with Gasteiger partial charge in [0.2, 0.25) is 0 Å². The molecule has 1 saturated heterocycles. The Balaban J connectivity index is 1.57. The maximum Gasteiger partial charge on any atom is 0.407 e. The van der Waals surface area contributed by atoms with E-state index >= 15 is 0 Å². The number of alkyl carbamates (subject to hydrolysis) is 1. The van der Waals surface area contributed by atoms with E-state index in [4.69, 9.17) is 9.47 Å². The summed E-state index contributed by atoms with van der Waals surface area (Å²) in [6.07, 6.45) is 0.865. The molecule has 1 aromatic rings. The summed E-state index contributed by atoms with van der Waals surface area (Å²) >= 11 is 1.80. The lowest BCUT2D eigenvalue weighted by Crippen LogP contribution is -2.70. The number of ether oxygens (including phenoxy) is 2. The molecule has 2 N–H and O–H groups in total. The number of nitrogens with one attached hydrogen (secondary N) is 2. The van der Waals surface area contributed by atoms with Crippen molar-refractivity contribution in [1.82, 2.24) is 10.6 Å². The van der Waals surface area contributed by atoms with Crippen molar-refractivity contribution in [2.45, 2.75) is 64.4 Å². The van der Waals surface area contributed by atoms with Crippen LogP contribution in [-0.2, 0) is 16.0 Å². The van der Waals surface area contributed by atoms with Crippen LogP contribution in [0.1, 0.15) is 36.9 Å². The molecule has 2 heterocycles. The number of carbonyl (C=O) groups is 1. The smallest absolute Gasteiger partial charge is 0.407 e. The summed E-state index contributed by atoms with van der Waals surface area (Å²) in [5.74, 6) is 0.394. The number of amides is 1. The Hall–Kier alpha value is -1.11. The van der Waals surface area contributed by atoms with E-state index in [1.165, 1.54) is 9.75 Å². The molecule has 0 spiro atoms. The molecule has 4 unspecified atom stereocenters. The molecule has 5 nitrogen and oxygen atoms in total. The summed E-state index contributed by atoms with van der Waals surface area (Å²) in [7, 11) is 0. The monoisotopic (exact) mass is 338 g/mol. The molecule has 3 rings (SSSR count). The van der Waals surface area contributed by atoms with Gasteiger partial charge in [-0.2, -0.15) is 0 Å². The van der Waals surface area contributed by atoms with Crippen molar-refractivity contribution >= 4 is 17.4 Å². The molecule has 1 saturated carbocycles. The molecule has 0 bridgehead atoms. The maximum absolute atomic E-state index is 12.1. The molecule has 1 amide bonds. The Bertz CT molecular complexity index is 566. The first-order valence-corrected chi connectivity index (χ1v) is 9.05. The van der Waals surface area contributed by atoms with E-state index in [2.05, 4.69) is 29.7 Å². The van der Waals surface area contributed by atoms with Crippen LogP contribution in [0.5, 0.6) is 0 Å². The number of fused-ring (bicyclic) bond motifs is 1. The molecule has 0 aromatic carbocycles. The minimum atomic E-state index is -0.475. The second-order valence-corrected chi connectivity index (χ2v) is 8.75. The van der Waals surface area contributed by atoms with Gasteiger partial charge in [0.05, 0.1) is 18.2 Å². The van der Waals surface area contributed by atoms with Crippen molar-refractivity contribution in [3.63, 3.8) is 0 Å². The molecule has 2 aliphatic rings. The zero-order valence-corrected chi connectivity index (χ0v) is 15.0. The number of thiophene rings is 1. The predicted molar refractivity (Wildman–Crippen MR) is 90.7 cm³/mol. The Kier molecular flexibility index (Phi) is 4.67. The molecule has 0 radical (unpaired) electrons. The van der Waals surface area contributed by atoms with Crippen LogP contribution in [-0.4, -0.2) is 36.5 Å². The van der Waals surface area contributed by atoms with Gasteiger partial charge in [-0.15, -0.1) is 11.3 Å². The average molecular weight is 338 g/mol. The van der Waals surface area contributed by atoms with Crippen LogP contribution >= 0.6 is 11.3 Å². The van der Waals surface area contributed by atoms with Gasteiger partial charge in [-0.05, 0) is 46.2 Å². The fraction of sp³-hybridized carbons (Fsp3) is 0.706. The summed E-state index contributed by atoms with van der Waals surface area (Å²) < 4.78 is 11.2. The fourth-order valence-electron chi connectivity index (χ4n) is 3.39. The van der Waals surface area contributed by atoms with E-state index in [-0.39, 0.29) is 24.3 Å². The first-order chi connectivity index (χ1) is 10.8. The van der Waals surface area contributed by atoms with Gasteiger partial charge in [-0.3, -0.25) is 0 Å². The van der Waals surface area contributed by atoms with E-state index in [0.717, 1.165) is 19.6 Å². The van der Waals surface area contributed by atoms with Gasteiger partial charge in [0.1, 0.15) is 5.60 Å². The Morgan fingerprint density at radius 2 is 2.17 bits per heavy atom. The van der Waals surface area contributed by atoms with Crippen LogP contribution in [0.15, 0.2) is 12.1 Å². The first-order valence-electron chi connectivity index (χ1n) is 8.23. The normalized spacial score (nSPS) is 29.7. The largest absolute Gasteiger partial charge is 0.444 e. The van der Waals surface area contributed by atoms with Gasteiger partial charge in [0.25, 0.3) is 0 Å². The highest BCUT2D eigenvalue weighted by molar-refractivity contribution is 7.11. The van der Waals surface area contributed by atoms with Crippen LogP contribution < -0.4 is 10.6 Å². The lowest BCUT2D eigenvalue weighted by Gasteiger charge is -2.48. The third kappa shape index (κ3) is 3.87. The zero-order chi connectivity index (χ0) is 16.6. The van der Waals surface area contributed by atoms with Crippen molar-refractivity contribution < 1.29 is 14.3 Å². The minimum absolute atomic E-state index is 0.0819. The van der Waals surface area contributed by atoms with Crippen LogP contribution in [0.3, 0.4) is 0 Å². The van der Waals surface area contributed by atoms with Gasteiger partial charge in [-0.1, -0.05) is 0 Å². The molecular weight excluding hydrogens is 312 g/mol. The third-order valence-corrected chi connectivity index (χ3v) is 5.38. The molecule has 4 atom stereocenters. The lowest BCUT2D eigenvalue weighted by molar-refractivity contribution is -0.0343. The van der Waals surface area contributed by atoms with Crippen LogP contribution in [0, 0.1) is 12.8 Å². The van der Waals surface area contributed by atoms with E-state index in [9.17, 15) is 4.79 Å². The lowest BCUT2D eigenvalue weighted by atomic mass is 9.71. The van der Waals surface area contributed by atoms with Gasteiger partial charge in [0, 0.05) is 28.8 Å². The van der Waals surface area contributed by atoms with Crippen molar-refractivity contribution in [2.24, 2.45) is 5.92 Å². The standard InChI is InChI=1S/C17H26N2O3S/c1-10-5-6-11(23-10)9-18-14-13(12-7-8-21-15(12)14)19-16(20)22-17(2,3)4/h5-6,12-15,18H,7-9H2,1-4H3,(H,19,20). The molecule has 2 fully saturated rings. The summed E-state index contributed by atoms with van der Waals surface area (Å²) in [6.45, 7) is 9.33. The maximum atomic E-state index is 12.1. The second kappa shape index (κ2) is 6.42. The number of carbonyl (C=O) groups excluding carboxylic acids is 1. The zero-order valence-electron chi connectivity index (χ0n) is 14.2. The predicted octanol–water partition coefficient (Wildman–Crippen LogP) is 2.83. The highest BCUT2D eigenvalue weighted by atomic mass is 32.1.